The van der Waals surface area contributed by atoms with Crippen LogP contribution in [0.1, 0.15) is 42.8 Å². The predicted molar refractivity (Wildman–Crippen MR) is 262 cm³/mol. The van der Waals surface area contributed by atoms with E-state index in [1.165, 1.54) is 77.2 Å². The summed E-state index contributed by atoms with van der Waals surface area (Å²) < 4.78 is 8.37. The molecule has 0 atom stereocenters. The van der Waals surface area contributed by atoms with E-state index in [0.29, 0.717) is 0 Å². The second kappa shape index (κ2) is 17.8. The number of likely N-dealkylation sites (N-methyl/N-ethyl adjacent to an activating group) is 2. The van der Waals surface area contributed by atoms with Crippen LogP contribution in [0.15, 0.2) is 149 Å². The molecule has 314 valence electrons. The fourth-order valence-corrected chi connectivity index (χ4v) is 11.5. The van der Waals surface area contributed by atoms with Crippen molar-refractivity contribution in [3.05, 3.63) is 160 Å². The highest BCUT2D eigenvalue weighted by Gasteiger charge is 2.37. The average Bonchev–Trinajstić information content (AvgIpc) is 3.83. The highest BCUT2D eigenvalue weighted by molar-refractivity contribution is 8.03. The lowest BCUT2D eigenvalue weighted by atomic mass is 9.84. The first-order valence-electron chi connectivity index (χ1n) is 21.9. The highest BCUT2D eigenvalue weighted by atomic mass is 32.2. The summed E-state index contributed by atoms with van der Waals surface area (Å²) in [6.07, 6.45) is 18.1. The molecule has 0 saturated carbocycles. The highest BCUT2D eigenvalue weighted by Crippen LogP contribution is 2.47. The molecule has 61 heavy (non-hydrogen) atoms. The van der Waals surface area contributed by atoms with E-state index in [1.807, 2.05) is 23.1 Å². The second-order valence-electron chi connectivity index (χ2n) is 18.6. The third-order valence-electron chi connectivity index (χ3n) is 12.9. The van der Waals surface area contributed by atoms with Gasteiger partial charge in [0.2, 0.25) is 11.0 Å². The van der Waals surface area contributed by atoms with E-state index in [0.717, 1.165) is 48.1 Å². The van der Waals surface area contributed by atoms with Crippen molar-refractivity contribution in [2.75, 3.05) is 78.3 Å². The SMILES string of the molecule is CN1/C(=C/c2cc[n+](CC[N+](C)(C)CCC[N+](C)(C)CCC[n+]3c(/C=C/C=C/C=C4/N(C)c5ccccc5C4(C)C)sc4ccccc43)c3ccccc23)Sc2ccccc21. The minimum Gasteiger partial charge on any atom is -0.347 e. The van der Waals surface area contributed by atoms with Gasteiger partial charge in [-0.05, 0) is 53.6 Å². The summed E-state index contributed by atoms with van der Waals surface area (Å²) in [5.41, 5.74) is 9.17. The van der Waals surface area contributed by atoms with Crippen molar-refractivity contribution in [1.29, 1.82) is 0 Å². The zero-order chi connectivity index (χ0) is 42.8. The van der Waals surface area contributed by atoms with E-state index >= 15 is 0 Å². The molecule has 2 aromatic heterocycles. The number of para-hydroxylation sites is 4. The smallest absolute Gasteiger partial charge is 0.262 e. The number of nitrogens with zero attached hydrogens (tertiary/aromatic N) is 6. The van der Waals surface area contributed by atoms with E-state index in [1.54, 1.807) is 0 Å². The summed E-state index contributed by atoms with van der Waals surface area (Å²) in [6, 6.07) is 37.5. The molecule has 0 N–H and O–H groups in total. The van der Waals surface area contributed by atoms with E-state index < -0.39 is 0 Å². The molecule has 0 fully saturated rings. The van der Waals surface area contributed by atoms with Crippen LogP contribution < -0.4 is 18.9 Å². The molecule has 4 heterocycles. The number of thiazole rings is 1. The van der Waals surface area contributed by atoms with Gasteiger partial charge in [-0.15, -0.1) is 0 Å². The number of thioether (sulfide) groups is 1. The number of hydrogen-bond acceptors (Lipinski definition) is 4. The number of anilines is 2. The number of fused-ring (bicyclic) bond motifs is 4. The number of allylic oxidation sites excluding steroid dienone is 5. The number of aryl methyl sites for hydroxylation is 1. The summed E-state index contributed by atoms with van der Waals surface area (Å²) in [5, 5.41) is 3.87. The Morgan fingerprint density at radius 1 is 0.656 bits per heavy atom. The molecule has 0 aliphatic carbocycles. The van der Waals surface area contributed by atoms with Crippen LogP contribution in [0.2, 0.25) is 0 Å². The Hall–Kier alpha value is -4.99. The van der Waals surface area contributed by atoms with Crippen LogP contribution in [-0.4, -0.2) is 77.4 Å². The van der Waals surface area contributed by atoms with Crippen LogP contribution in [0, 0.1) is 0 Å². The van der Waals surface area contributed by atoms with Gasteiger partial charge in [-0.2, -0.15) is 9.13 Å². The van der Waals surface area contributed by atoms with Crippen LogP contribution in [0.5, 0.6) is 0 Å². The molecular weight excluding hydrogens is 785 g/mol. The second-order valence-corrected chi connectivity index (χ2v) is 20.7. The maximum atomic E-state index is 2.53. The molecule has 0 amide bonds. The van der Waals surface area contributed by atoms with Crippen molar-refractivity contribution < 1.29 is 18.1 Å². The lowest BCUT2D eigenvalue weighted by Crippen LogP contribution is -2.50. The predicted octanol–water partition coefficient (Wildman–Crippen LogP) is 10.7. The number of hydrogen-bond donors (Lipinski definition) is 0. The van der Waals surface area contributed by atoms with Crippen molar-refractivity contribution in [3.63, 3.8) is 0 Å². The molecule has 0 saturated heterocycles. The molecule has 8 heteroatoms. The number of pyridine rings is 1. The van der Waals surface area contributed by atoms with Gasteiger partial charge >= 0.3 is 0 Å². The zero-order valence-corrected chi connectivity index (χ0v) is 39.1. The average molecular weight is 849 g/mol. The lowest BCUT2D eigenvalue weighted by Gasteiger charge is -2.33. The van der Waals surface area contributed by atoms with E-state index in [-0.39, 0.29) is 5.41 Å². The van der Waals surface area contributed by atoms with Gasteiger partial charge in [0, 0.05) is 66.5 Å². The van der Waals surface area contributed by atoms with E-state index in [4.69, 9.17) is 0 Å². The van der Waals surface area contributed by atoms with Gasteiger partial charge in [0.25, 0.3) is 5.01 Å². The van der Waals surface area contributed by atoms with Crippen LogP contribution in [0.4, 0.5) is 11.4 Å². The van der Waals surface area contributed by atoms with Crippen molar-refractivity contribution in [3.8, 4) is 0 Å². The monoisotopic (exact) mass is 848 g/mol. The Labute approximate surface area is 372 Å². The first-order valence-corrected chi connectivity index (χ1v) is 23.5. The van der Waals surface area contributed by atoms with Gasteiger partial charge in [-0.25, -0.2) is 0 Å². The minimum atomic E-state index is -0.0164. The molecule has 0 bridgehead atoms. The Kier molecular flexibility index (Phi) is 12.4. The van der Waals surface area contributed by atoms with Crippen molar-refractivity contribution in [1.82, 2.24) is 0 Å². The topological polar surface area (TPSA) is 14.2 Å². The van der Waals surface area contributed by atoms with Gasteiger partial charge in [0.1, 0.15) is 11.2 Å². The summed E-state index contributed by atoms with van der Waals surface area (Å²) in [6.45, 7) is 11.2. The Bertz CT molecular complexity index is 2660. The van der Waals surface area contributed by atoms with Crippen LogP contribution in [-0.2, 0) is 18.5 Å². The number of benzene rings is 4. The molecule has 6 aromatic rings. The Balaban J connectivity index is 0.845. The fourth-order valence-electron chi connectivity index (χ4n) is 9.25. The summed E-state index contributed by atoms with van der Waals surface area (Å²) in [4.78, 5) is 5.96. The van der Waals surface area contributed by atoms with Gasteiger partial charge < -0.3 is 18.8 Å². The van der Waals surface area contributed by atoms with Crippen molar-refractivity contribution in [2.24, 2.45) is 0 Å². The fraction of sp³-hybridized carbons (Fsp3) is 0.321. The molecule has 8 rings (SSSR count). The number of aromatic nitrogens is 2. The third kappa shape index (κ3) is 9.29. The van der Waals surface area contributed by atoms with E-state index in [9.17, 15) is 0 Å². The van der Waals surface area contributed by atoms with E-state index in [2.05, 4.69) is 221 Å². The first-order chi connectivity index (χ1) is 29.3. The molecule has 2 aliphatic heterocycles. The molecule has 0 radical (unpaired) electrons. The van der Waals surface area contributed by atoms with Gasteiger partial charge in [-0.3, -0.25) is 0 Å². The summed E-state index contributed by atoms with van der Waals surface area (Å²) in [5.74, 6) is 0. The molecule has 4 aromatic carbocycles. The number of quaternary nitrogens is 2. The van der Waals surface area contributed by atoms with Gasteiger partial charge in [0.15, 0.2) is 19.3 Å². The molecular formula is C53H64N6S2+4. The first kappa shape index (κ1) is 42.7. The molecule has 2 aliphatic rings. The maximum Gasteiger partial charge on any atom is 0.262 e. The Morgan fingerprint density at radius 2 is 1.33 bits per heavy atom. The molecule has 6 nitrogen and oxygen atoms in total. The maximum absolute atomic E-state index is 2.53. The van der Waals surface area contributed by atoms with Crippen LogP contribution in [0.25, 0.3) is 33.3 Å². The lowest BCUT2D eigenvalue weighted by molar-refractivity contribution is -0.919. The molecule has 0 unspecified atom stereocenters. The normalized spacial score (nSPS) is 16.7. The Morgan fingerprint density at radius 3 is 2.11 bits per heavy atom. The van der Waals surface area contributed by atoms with Crippen LogP contribution in [0.3, 0.4) is 0 Å². The summed E-state index contributed by atoms with van der Waals surface area (Å²) in [7, 11) is 14.0. The zero-order valence-electron chi connectivity index (χ0n) is 37.5. The largest absolute Gasteiger partial charge is 0.347 e. The number of rotatable bonds is 15. The third-order valence-corrected chi connectivity index (χ3v) is 15.2. The standard InChI is InChI=1S/C53H64N6S2/c1-53(2)43-23-13-15-25-45(43)54(3)50(53)30-10-9-11-31-51-57(47-27-17-19-29-49(47)60-51)33-20-36-58(5,6)37-21-38-59(7,8)39-35-56-34-32-41(42-22-12-14-24-44(42)56)40-52-55(4)46-26-16-18-28-48(46)61-52/h9-19,22-32,34,40H,20-21,33,35-39H2,1-8H3/q+4. The minimum absolute atomic E-state index is 0.0164. The summed E-state index contributed by atoms with van der Waals surface area (Å²) >= 11 is 3.74. The van der Waals surface area contributed by atoms with Crippen LogP contribution >= 0.6 is 23.1 Å². The van der Waals surface area contributed by atoms with Gasteiger partial charge in [0.05, 0.1) is 70.3 Å². The molecule has 0 spiro atoms. The quantitative estimate of drug-likeness (QED) is 0.0581. The van der Waals surface area contributed by atoms with Crippen molar-refractivity contribution >= 4 is 67.7 Å². The van der Waals surface area contributed by atoms with Crippen molar-refractivity contribution in [2.45, 2.75) is 50.1 Å². The van der Waals surface area contributed by atoms with Gasteiger partial charge in [-0.1, -0.05) is 110 Å².